The molecule has 0 fully saturated rings. The van der Waals surface area contributed by atoms with Crippen LogP contribution in [0.25, 0.3) is 0 Å². The van der Waals surface area contributed by atoms with Crippen LogP contribution in [0.5, 0.6) is 0 Å². The van der Waals surface area contributed by atoms with Gasteiger partial charge in [-0.25, -0.2) is 27.6 Å². The molecule has 0 saturated heterocycles. The van der Waals surface area contributed by atoms with Crippen molar-refractivity contribution in [2.45, 2.75) is 25.2 Å². The fraction of sp³-hybridized carbons (Fsp3) is 0.357. The van der Waals surface area contributed by atoms with Gasteiger partial charge < -0.3 is 9.84 Å². The quantitative estimate of drug-likeness (QED) is 0.810. The van der Waals surface area contributed by atoms with E-state index in [0.29, 0.717) is 6.07 Å². The van der Waals surface area contributed by atoms with E-state index in [-0.39, 0.29) is 6.61 Å². The van der Waals surface area contributed by atoms with Crippen LogP contribution in [-0.2, 0) is 21.7 Å². The first-order chi connectivity index (χ1) is 10.9. The van der Waals surface area contributed by atoms with Gasteiger partial charge in [-0.2, -0.15) is 5.10 Å². The standard InChI is InChI=1S/C14H14F3N3O3/c1-2-23-13(21)12(17)14(22,6-20-8-18-7-19-20)10-4-3-9(15)5-11(10)16/h3-5,7-8,12,22H,2,6H2,1H3. The van der Waals surface area contributed by atoms with Crippen LogP contribution in [0.2, 0.25) is 0 Å². The highest BCUT2D eigenvalue weighted by atomic mass is 19.1. The molecule has 2 aromatic rings. The lowest BCUT2D eigenvalue weighted by molar-refractivity contribution is -0.163. The number of aliphatic hydroxyl groups is 1. The third kappa shape index (κ3) is 3.50. The molecule has 0 saturated carbocycles. The van der Waals surface area contributed by atoms with Crippen LogP contribution in [0.1, 0.15) is 12.5 Å². The number of carbonyl (C=O) groups excluding carboxylic acids is 1. The van der Waals surface area contributed by atoms with Crippen molar-refractivity contribution in [3.05, 3.63) is 48.1 Å². The van der Waals surface area contributed by atoms with Crippen LogP contribution in [0.3, 0.4) is 0 Å². The van der Waals surface area contributed by atoms with Crippen LogP contribution < -0.4 is 0 Å². The zero-order valence-electron chi connectivity index (χ0n) is 12.1. The highest BCUT2D eigenvalue weighted by Crippen LogP contribution is 2.32. The van der Waals surface area contributed by atoms with Gasteiger partial charge in [0, 0.05) is 11.6 Å². The van der Waals surface area contributed by atoms with Gasteiger partial charge in [-0.1, -0.05) is 6.07 Å². The second kappa shape index (κ2) is 6.78. The van der Waals surface area contributed by atoms with Crippen molar-refractivity contribution >= 4 is 5.97 Å². The van der Waals surface area contributed by atoms with Gasteiger partial charge in [0.2, 0.25) is 6.17 Å². The molecule has 2 rings (SSSR count). The molecule has 0 aliphatic carbocycles. The number of rotatable bonds is 6. The van der Waals surface area contributed by atoms with Gasteiger partial charge >= 0.3 is 5.97 Å². The number of aromatic nitrogens is 3. The number of hydrogen-bond acceptors (Lipinski definition) is 5. The predicted octanol–water partition coefficient (Wildman–Crippen LogP) is 1.35. The number of halogens is 3. The number of carbonyl (C=O) groups is 1. The van der Waals surface area contributed by atoms with E-state index in [9.17, 15) is 23.1 Å². The Bertz CT molecular complexity index is 681. The van der Waals surface area contributed by atoms with Crippen molar-refractivity contribution < 1.29 is 27.8 Å². The molecular weight excluding hydrogens is 315 g/mol. The van der Waals surface area contributed by atoms with Gasteiger partial charge in [0.25, 0.3) is 0 Å². The highest BCUT2D eigenvalue weighted by Gasteiger charge is 2.47. The van der Waals surface area contributed by atoms with Crippen molar-refractivity contribution in [1.29, 1.82) is 0 Å². The lowest BCUT2D eigenvalue weighted by Gasteiger charge is -2.30. The molecule has 9 heteroatoms. The Morgan fingerprint density at radius 3 is 2.78 bits per heavy atom. The molecular formula is C14H14F3N3O3. The average molecular weight is 329 g/mol. The van der Waals surface area contributed by atoms with Crippen LogP contribution in [0.4, 0.5) is 13.2 Å². The molecule has 0 radical (unpaired) electrons. The number of hydrogen-bond donors (Lipinski definition) is 1. The Labute approximate surface area is 129 Å². The third-order valence-electron chi connectivity index (χ3n) is 3.18. The fourth-order valence-electron chi connectivity index (χ4n) is 2.11. The van der Waals surface area contributed by atoms with E-state index in [0.717, 1.165) is 29.5 Å². The van der Waals surface area contributed by atoms with Gasteiger partial charge in [0.1, 0.15) is 24.3 Å². The molecule has 124 valence electrons. The summed E-state index contributed by atoms with van der Waals surface area (Å²) >= 11 is 0. The number of nitrogens with zero attached hydrogens (tertiary/aromatic N) is 3. The normalized spacial score (nSPS) is 15.0. The van der Waals surface area contributed by atoms with Gasteiger partial charge in [-0.05, 0) is 13.0 Å². The minimum absolute atomic E-state index is 0.120. The smallest absolute Gasteiger partial charge is 0.344 e. The summed E-state index contributed by atoms with van der Waals surface area (Å²) in [5.74, 6) is -3.46. The monoisotopic (exact) mass is 329 g/mol. The number of ether oxygens (including phenoxy) is 1. The average Bonchev–Trinajstić information content (AvgIpc) is 2.99. The van der Waals surface area contributed by atoms with E-state index in [4.69, 9.17) is 0 Å². The van der Waals surface area contributed by atoms with E-state index >= 15 is 0 Å². The van der Waals surface area contributed by atoms with E-state index in [1.165, 1.54) is 6.92 Å². The molecule has 23 heavy (non-hydrogen) atoms. The molecule has 1 heterocycles. The zero-order valence-corrected chi connectivity index (χ0v) is 12.1. The number of alkyl halides is 1. The van der Waals surface area contributed by atoms with E-state index in [1.54, 1.807) is 0 Å². The van der Waals surface area contributed by atoms with Crippen LogP contribution in [-0.4, -0.2) is 38.6 Å². The highest BCUT2D eigenvalue weighted by molar-refractivity contribution is 5.76. The Balaban J connectivity index is 2.47. The van der Waals surface area contributed by atoms with Gasteiger partial charge in [-0.3, -0.25) is 0 Å². The lowest BCUT2D eigenvalue weighted by atomic mass is 9.88. The first-order valence-corrected chi connectivity index (χ1v) is 6.69. The largest absolute Gasteiger partial charge is 0.464 e. The maximum Gasteiger partial charge on any atom is 0.344 e. The summed E-state index contributed by atoms with van der Waals surface area (Å²) < 4.78 is 47.2. The Morgan fingerprint density at radius 2 is 2.22 bits per heavy atom. The van der Waals surface area contributed by atoms with E-state index < -0.39 is 41.5 Å². The summed E-state index contributed by atoms with van der Waals surface area (Å²) in [7, 11) is 0. The van der Waals surface area contributed by atoms with Crippen LogP contribution >= 0.6 is 0 Å². The summed E-state index contributed by atoms with van der Waals surface area (Å²) in [4.78, 5) is 15.3. The summed E-state index contributed by atoms with van der Waals surface area (Å²) in [6.07, 6.45) is -0.324. The molecule has 2 unspecified atom stereocenters. The van der Waals surface area contributed by atoms with E-state index in [1.807, 2.05) is 0 Å². The van der Waals surface area contributed by atoms with Crippen LogP contribution in [0, 0.1) is 11.6 Å². The molecule has 2 atom stereocenters. The summed E-state index contributed by atoms with van der Waals surface area (Å²) in [5, 5.41) is 14.4. The molecule has 1 N–H and O–H groups in total. The predicted molar refractivity (Wildman–Crippen MR) is 71.8 cm³/mol. The second-order valence-electron chi connectivity index (χ2n) is 4.76. The van der Waals surface area contributed by atoms with Crippen molar-refractivity contribution in [3.8, 4) is 0 Å². The minimum atomic E-state index is -2.64. The first-order valence-electron chi connectivity index (χ1n) is 6.69. The minimum Gasteiger partial charge on any atom is -0.464 e. The van der Waals surface area contributed by atoms with Crippen LogP contribution in [0.15, 0.2) is 30.9 Å². The fourth-order valence-corrected chi connectivity index (χ4v) is 2.11. The Morgan fingerprint density at radius 1 is 1.48 bits per heavy atom. The van der Waals surface area contributed by atoms with Gasteiger partial charge in [0.05, 0.1) is 13.2 Å². The maximum absolute atomic E-state index is 14.5. The summed E-state index contributed by atoms with van der Waals surface area (Å²) in [6, 6.07) is 2.20. The molecule has 0 bridgehead atoms. The molecule has 0 aliphatic heterocycles. The Hall–Kier alpha value is -2.42. The van der Waals surface area contributed by atoms with Gasteiger partial charge in [-0.15, -0.1) is 0 Å². The first kappa shape index (κ1) is 16.9. The number of benzene rings is 1. The molecule has 0 amide bonds. The molecule has 0 spiro atoms. The zero-order chi connectivity index (χ0) is 17.0. The summed E-state index contributed by atoms with van der Waals surface area (Å²) in [6.45, 7) is 0.722. The molecule has 1 aromatic heterocycles. The third-order valence-corrected chi connectivity index (χ3v) is 3.18. The number of esters is 1. The van der Waals surface area contributed by atoms with E-state index in [2.05, 4.69) is 14.8 Å². The topological polar surface area (TPSA) is 77.2 Å². The van der Waals surface area contributed by atoms with Crippen molar-refractivity contribution in [1.82, 2.24) is 14.8 Å². The van der Waals surface area contributed by atoms with Crippen molar-refractivity contribution in [2.75, 3.05) is 6.61 Å². The lowest BCUT2D eigenvalue weighted by Crippen LogP contribution is -2.46. The molecule has 6 nitrogen and oxygen atoms in total. The molecule has 1 aromatic carbocycles. The Kier molecular flexibility index (Phi) is 4.99. The summed E-state index contributed by atoms with van der Waals surface area (Å²) in [5.41, 5.74) is -3.23. The maximum atomic E-state index is 14.5. The van der Waals surface area contributed by atoms with Crippen molar-refractivity contribution in [3.63, 3.8) is 0 Å². The van der Waals surface area contributed by atoms with Gasteiger partial charge in [0.15, 0.2) is 5.60 Å². The molecule has 0 aliphatic rings. The second-order valence-corrected chi connectivity index (χ2v) is 4.76. The SMILES string of the molecule is CCOC(=O)C(F)C(O)(Cn1cncn1)c1ccc(F)cc1F. The van der Waals surface area contributed by atoms with Crippen molar-refractivity contribution in [2.24, 2.45) is 0 Å².